The summed E-state index contributed by atoms with van der Waals surface area (Å²) in [4.78, 5) is 28.4. The van der Waals surface area contributed by atoms with Crippen LogP contribution in [0, 0.1) is 17.2 Å². The average Bonchev–Trinajstić information content (AvgIpc) is 2.65. The molecule has 6 nitrogen and oxygen atoms in total. The fourth-order valence-corrected chi connectivity index (χ4v) is 3.15. The molecule has 0 fully saturated rings. The van der Waals surface area contributed by atoms with Gasteiger partial charge >= 0.3 is 11.9 Å². The molecule has 0 saturated heterocycles. The molecule has 1 aliphatic heterocycles. The number of nitrogens with zero attached hydrogens (tertiary/aromatic N) is 2. The van der Waals surface area contributed by atoms with Crippen LogP contribution in [0.3, 0.4) is 0 Å². The first-order valence-electron chi connectivity index (χ1n) is 7.78. The molecule has 134 valence electrons. The summed E-state index contributed by atoms with van der Waals surface area (Å²) in [5, 5.41) is 9.83. The Morgan fingerprint density at radius 3 is 2.58 bits per heavy atom. The summed E-state index contributed by atoms with van der Waals surface area (Å²) in [6, 6.07) is 8.62. The summed E-state index contributed by atoms with van der Waals surface area (Å²) in [7, 11) is 1.30. The van der Waals surface area contributed by atoms with Crippen LogP contribution < -0.4 is 0 Å². The molecule has 7 heteroatoms. The molecular formula is C19H18N2O4S. The summed E-state index contributed by atoms with van der Waals surface area (Å²) in [6.07, 6.45) is 1.47. The van der Waals surface area contributed by atoms with Gasteiger partial charge < -0.3 is 9.47 Å². The van der Waals surface area contributed by atoms with Crippen LogP contribution in [-0.2, 0) is 14.3 Å². The molecule has 0 saturated carbocycles. The molecule has 1 aromatic carbocycles. The van der Waals surface area contributed by atoms with Crippen LogP contribution in [0.5, 0.6) is 0 Å². The monoisotopic (exact) mass is 370 g/mol. The smallest absolute Gasteiger partial charge is 0.337 e. The van der Waals surface area contributed by atoms with E-state index in [9.17, 15) is 14.9 Å². The van der Waals surface area contributed by atoms with Crippen molar-refractivity contribution in [3.8, 4) is 6.07 Å². The second-order valence-corrected chi connectivity index (χ2v) is 6.01. The number of carbonyl (C=O) groups is 2. The minimum Gasteiger partial charge on any atom is -0.465 e. The number of rotatable bonds is 5. The van der Waals surface area contributed by atoms with Crippen LogP contribution in [-0.4, -0.2) is 31.4 Å². The molecule has 0 bridgehead atoms. The molecule has 0 amide bonds. The van der Waals surface area contributed by atoms with Gasteiger partial charge in [0.25, 0.3) is 0 Å². The molecule has 26 heavy (non-hydrogen) atoms. The average molecular weight is 370 g/mol. The zero-order valence-corrected chi connectivity index (χ0v) is 15.3. The van der Waals surface area contributed by atoms with Gasteiger partial charge in [-0.1, -0.05) is 24.8 Å². The van der Waals surface area contributed by atoms with Crippen molar-refractivity contribution >= 4 is 30.3 Å². The van der Waals surface area contributed by atoms with Crippen molar-refractivity contribution in [2.24, 2.45) is 10.9 Å². The summed E-state index contributed by atoms with van der Waals surface area (Å²) in [5.74, 6) is -2.33. The van der Waals surface area contributed by atoms with E-state index in [0.29, 0.717) is 16.8 Å². The van der Waals surface area contributed by atoms with E-state index in [1.54, 1.807) is 31.2 Å². The Kier molecular flexibility index (Phi) is 6.36. The maximum absolute atomic E-state index is 12.6. The number of hydrogen-bond donors (Lipinski definition) is 1. The third-order valence-electron chi connectivity index (χ3n) is 4.03. The van der Waals surface area contributed by atoms with Crippen molar-refractivity contribution in [3.63, 3.8) is 0 Å². The lowest BCUT2D eigenvalue weighted by molar-refractivity contribution is -0.145. The number of carbonyl (C=O) groups excluding carboxylic acids is 2. The minimum absolute atomic E-state index is 0.0654. The molecule has 0 aromatic heterocycles. The van der Waals surface area contributed by atoms with Crippen LogP contribution >= 0.6 is 12.6 Å². The Morgan fingerprint density at radius 2 is 2.04 bits per heavy atom. The van der Waals surface area contributed by atoms with Gasteiger partial charge in [0.1, 0.15) is 17.6 Å². The van der Waals surface area contributed by atoms with Gasteiger partial charge in [-0.05, 0) is 24.6 Å². The standard InChI is InChI=1S/C19H18N2O4S/c1-4-9-25-19(23)15-11(2)21-17(26)14(10-20)16(15)12-5-7-13(8-6-12)18(22)24-3/h4-8,15-16,26H,1,9H2,2-3H3/t15?,16-/m0/s1. The molecule has 2 atom stereocenters. The van der Waals surface area contributed by atoms with Crippen LogP contribution in [0.25, 0.3) is 0 Å². The molecule has 0 radical (unpaired) electrons. The minimum atomic E-state index is -0.760. The zero-order valence-electron chi connectivity index (χ0n) is 14.4. The lowest BCUT2D eigenvalue weighted by Gasteiger charge is -2.29. The lowest BCUT2D eigenvalue weighted by Crippen LogP contribution is -2.34. The van der Waals surface area contributed by atoms with Crippen molar-refractivity contribution in [1.29, 1.82) is 5.26 Å². The molecule has 1 aliphatic rings. The summed E-state index contributed by atoms with van der Waals surface area (Å²) in [6.45, 7) is 5.29. The number of methoxy groups -OCH3 is 1. The highest BCUT2D eigenvalue weighted by Gasteiger charge is 2.39. The van der Waals surface area contributed by atoms with Crippen LogP contribution in [0.4, 0.5) is 0 Å². The quantitative estimate of drug-likeness (QED) is 0.489. The van der Waals surface area contributed by atoms with E-state index in [1.807, 2.05) is 0 Å². The van der Waals surface area contributed by atoms with Gasteiger partial charge in [0.2, 0.25) is 0 Å². The SMILES string of the molecule is C=CCOC(=O)C1C(C)=NC(S)=C(C#N)[C@@H]1c1ccc(C(=O)OC)cc1. The second kappa shape index (κ2) is 8.50. The molecule has 1 unspecified atom stereocenters. The first-order chi connectivity index (χ1) is 12.4. The van der Waals surface area contributed by atoms with Crippen molar-refractivity contribution < 1.29 is 19.1 Å². The van der Waals surface area contributed by atoms with E-state index < -0.39 is 23.8 Å². The van der Waals surface area contributed by atoms with Crippen LogP contribution in [0.1, 0.15) is 28.8 Å². The molecule has 1 heterocycles. The maximum atomic E-state index is 12.6. The van der Waals surface area contributed by atoms with Gasteiger partial charge in [-0.25, -0.2) is 9.79 Å². The van der Waals surface area contributed by atoms with Crippen molar-refractivity contribution in [2.45, 2.75) is 12.8 Å². The highest BCUT2D eigenvalue weighted by atomic mass is 32.1. The third kappa shape index (κ3) is 3.86. The van der Waals surface area contributed by atoms with Gasteiger partial charge in [0.15, 0.2) is 0 Å². The molecule has 2 rings (SSSR count). The Balaban J connectivity index is 2.49. The van der Waals surface area contributed by atoms with Crippen LogP contribution in [0.2, 0.25) is 0 Å². The van der Waals surface area contributed by atoms with E-state index in [0.717, 1.165) is 0 Å². The number of benzene rings is 1. The second-order valence-electron chi connectivity index (χ2n) is 5.59. The van der Waals surface area contributed by atoms with E-state index in [2.05, 4.69) is 35.0 Å². The largest absolute Gasteiger partial charge is 0.465 e. The number of hydrogen-bond acceptors (Lipinski definition) is 7. The van der Waals surface area contributed by atoms with E-state index in [-0.39, 0.29) is 17.2 Å². The number of allylic oxidation sites excluding steroid dienone is 1. The summed E-state index contributed by atoms with van der Waals surface area (Å²) >= 11 is 4.28. The first kappa shape index (κ1) is 19.5. The van der Waals surface area contributed by atoms with Gasteiger partial charge in [0, 0.05) is 11.6 Å². The molecule has 0 N–H and O–H groups in total. The third-order valence-corrected chi connectivity index (χ3v) is 4.37. The van der Waals surface area contributed by atoms with Crippen molar-refractivity contribution in [3.05, 3.63) is 58.6 Å². The predicted octanol–water partition coefficient (Wildman–Crippen LogP) is 3.04. The van der Waals surface area contributed by atoms with Gasteiger partial charge in [-0.3, -0.25) is 4.79 Å². The molecule has 0 aliphatic carbocycles. The summed E-state index contributed by atoms with van der Waals surface area (Å²) in [5.41, 5.74) is 1.82. The van der Waals surface area contributed by atoms with E-state index in [1.165, 1.54) is 13.2 Å². The zero-order chi connectivity index (χ0) is 19.3. The molecular weight excluding hydrogens is 352 g/mol. The van der Waals surface area contributed by atoms with Crippen molar-refractivity contribution in [1.82, 2.24) is 0 Å². The van der Waals surface area contributed by atoms with E-state index in [4.69, 9.17) is 4.74 Å². The number of ether oxygens (including phenoxy) is 2. The Bertz CT molecular complexity index is 834. The van der Waals surface area contributed by atoms with Crippen molar-refractivity contribution in [2.75, 3.05) is 13.7 Å². The van der Waals surface area contributed by atoms with Gasteiger partial charge in [-0.2, -0.15) is 5.26 Å². The predicted molar refractivity (Wildman–Crippen MR) is 99.9 cm³/mol. The summed E-state index contributed by atoms with van der Waals surface area (Å²) < 4.78 is 9.88. The van der Waals surface area contributed by atoms with E-state index >= 15 is 0 Å². The number of aliphatic imine (C=N–C) groups is 1. The van der Waals surface area contributed by atoms with Crippen LogP contribution in [0.15, 0.2) is 52.5 Å². The fourth-order valence-electron chi connectivity index (χ4n) is 2.80. The highest BCUT2D eigenvalue weighted by molar-refractivity contribution is 7.84. The Hall–Kier alpha value is -2.85. The Morgan fingerprint density at radius 1 is 1.38 bits per heavy atom. The number of thiol groups is 1. The topological polar surface area (TPSA) is 88.8 Å². The number of esters is 2. The fraction of sp³-hybridized carbons (Fsp3) is 0.263. The van der Waals surface area contributed by atoms with Gasteiger partial charge in [-0.15, -0.1) is 12.6 Å². The normalized spacial score (nSPS) is 19.2. The maximum Gasteiger partial charge on any atom is 0.337 e. The lowest BCUT2D eigenvalue weighted by atomic mass is 9.77. The Labute approximate surface area is 157 Å². The molecule has 0 spiro atoms. The number of nitriles is 1. The first-order valence-corrected chi connectivity index (χ1v) is 8.23. The highest BCUT2D eigenvalue weighted by Crippen LogP contribution is 2.40. The molecule has 1 aromatic rings. The van der Waals surface area contributed by atoms with Gasteiger partial charge in [0.05, 0.1) is 24.3 Å².